The van der Waals surface area contributed by atoms with Gasteiger partial charge in [0.05, 0.1) is 16.7 Å². The summed E-state index contributed by atoms with van der Waals surface area (Å²) in [6.45, 7) is 0. The van der Waals surface area contributed by atoms with Crippen molar-refractivity contribution in [3.63, 3.8) is 0 Å². The number of hydrogen-bond donors (Lipinski definition) is 0. The van der Waals surface area contributed by atoms with Crippen LogP contribution in [0, 0.1) is 0 Å². The zero-order chi connectivity index (χ0) is 53.4. The minimum Gasteiger partial charge on any atom is -0.309 e. The second-order valence-corrected chi connectivity index (χ2v) is 21.5. The van der Waals surface area contributed by atoms with Crippen LogP contribution in [0.5, 0.6) is 0 Å². The van der Waals surface area contributed by atoms with E-state index < -0.39 is 0 Å². The standard InChI is InChI=1S/C80H51N/c1-3-19-54(20-4-1)73-47-57(63-35-17-26-52-23-7-10-28-61(52)63)37-41-66(73)59-39-44-79-76(50-59)77-51-60(67-42-38-58(48-74(67)55-21-5-2-6-22-55)64-36-18-27-53-24-8-11-29-62(53)64)40-45-80(77)81(79)78-46-43-71(69-32-15-16-34-72(69)78)75-49-56-25-9-12-30-65(56)68-31-13-14-33-70(68)75/h1-51H. The van der Waals surface area contributed by atoms with Crippen molar-refractivity contribution < 1.29 is 0 Å². The minimum absolute atomic E-state index is 1.15. The number of hydrogen-bond acceptors (Lipinski definition) is 0. The van der Waals surface area contributed by atoms with E-state index in [1.54, 1.807) is 0 Å². The van der Waals surface area contributed by atoms with Gasteiger partial charge in [-0.1, -0.05) is 261 Å². The van der Waals surface area contributed by atoms with Crippen LogP contribution in [0.1, 0.15) is 0 Å². The molecule has 1 heterocycles. The summed E-state index contributed by atoms with van der Waals surface area (Å²) in [5.41, 5.74) is 20.3. The molecule has 0 amide bonds. The predicted molar refractivity (Wildman–Crippen MR) is 346 cm³/mol. The van der Waals surface area contributed by atoms with Gasteiger partial charge in [-0.3, -0.25) is 0 Å². The molecule has 0 N–H and O–H groups in total. The van der Waals surface area contributed by atoms with Crippen molar-refractivity contribution in [1.29, 1.82) is 0 Å². The van der Waals surface area contributed by atoms with Crippen molar-refractivity contribution in [2.45, 2.75) is 0 Å². The molecule has 1 heteroatoms. The first kappa shape index (κ1) is 46.5. The molecule has 1 aromatic heterocycles. The van der Waals surface area contributed by atoms with Crippen LogP contribution in [0.4, 0.5) is 0 Å². The van der Waals surface area contributed by atoms with Gasteiger partial charge >= 0.3 is 0 Å². The van der Waals surface area contributed by atoms with Crippen molar-refractivity contribution in [3.8, 4) is 83.6 Å². The highest BCUT2D eigenvalue weighted by atomic mass is 15.0. The summed E-state index contributed by atoms with van der Waals surface area (Å²) in [6.07, 6.45) is 0. The van der Waals surface area contributed by atoms with Crippen LogP contribution in [0.25, 0.3) is 159 Å². The van der Waals surface area contributed by atoms with E-state index in [-0.39, 0.29) is 0 Å². The lowest BCUT2D eigenvalue weighted by Gasteiger charge is -2.17. The van der Waals surface area contributed by atoms with E-state index in [4.69, 9.17) is 0 Å². The molecule has 0 saturated heterocycles. The number of rotatable bonds is 8. The molecule has 0 aliphatic heterocycles. The molecule has 16 aromatic rings. The summed E-state index contributed by atoms with van der Waals surface area (Å²) in [5.74, 6) is 0. The van der Waals surface area contributed by atoms with Gasteiger partial charge in [-0.2, -0.15) is 0 Å². The molecule has 0 aliphatic carbocycles. The fourth-order valence-corrected chi connectivity index (χ4v) is 13.2. The largest absolute Gasteiger partial charge is 0.309 e. The molecule has 15 aromatic carbocycles. The highest BCUT2D eigenvalue weighted by Crippen LogP contribution is 2.46. The Morgan fingerprint density at radius 2 is 0.556 bits per heavy atom. The van der Waals surface area contributed by atoms with Gasteiger partial charge in [-0.05, 0) is 175 Å². The molecule has 1 nitrogen and oxygen atoms in total. The van der Waals surface area contributed by atoms with Gasteiger partial charge in [0, 0.05) is 16.2 Å². The first-order chi connectivity index (χ1) is 40.2. The highest BCUT2D eigenvalue weighted by molar-refractivity contribution is 6.18. The topological polar surface area (TPSA) is 4.93 Å². The molecular formula is C80H51N. The number of aromatic nitrogens is 1. The van der Waals surface area contributed by atoms with Crippen LogP contribution < -0.4 is 0 Å². The zero-order valence-corrected chi connectivity index (χ0v) is 44.4. The minimum atomic E-state index is 1.15. The normalized spacial score (nSPS) is 11.7. The van der Waals surface area contributed by atoms with Gasteiger partial charge in [-0.15, -0.1) is 0 Å². The second-order valence-electron chi connectivity index (χ2n) is 21.5. The number of nitrogens with zero attached hydrogens (tertiary/aromatic N) is 1. The molecule has 0 atom stereocenters. The number of fused-ring (bicyclic) bond motifs is 9. The summed E-state index contributed by atoms with van der Waals surface area (Å²) in [4.78, 5) is 0. The summed E-state index contributed by atoms with van der Waals surface area (Å²) in [5, 5.41) is 14.8. The molecule has 0 saturated carbocycles. The summed E-state index contributed by atoms with van der Waals surface area (Å²) in [6, 6.07) is 115. The van der Waals surface area contributed by atoms with Gasteiger partial charge in [0.2, 0.25) is 0 Å². The lowest BCUT2D eigenvalue weighted by Crippen LogP contribution is -1.97. The molecule has 0 unspecified atom stereocenters. The van der Waals surface area contributed by atoms with E-state index in [0.29, 0.717) is 0 Å². The van der Waals surface area contributed by atoms with Crippen LogP contribution in [0.2, 0.25) is 0 Å². The van der Waals surface area contributed by atoms with Crippen molar-refractivity contribution in [3.05, 3.63) is 309 Å². The first-order valence-corrected chi connectivity index (χ1v) is 28.1. The number of benzene rings is 15. The Hall–Kier alpha value is -10.6. The average Bonchev–Trinajstić information content (AvgIpc) is 4.11. The molecule has 0 radical (unpaired) electrons. The maximum atomic E-state index is 2.52. The van der Waals surface area contributed by atoms with Gasteiger partial charge in [-0.25, -0.2) is 0 Å². The highest BCUT2D eigenvalue weighted by Gasteiger charge is 2.21. The maximum Gasteiger partial charge on any atom is 0.0541 e. The van der Waals surface area contributed by atoms with Gasteiger partial charge < -0.3 is 4.57 Å². The van der Waals surface area contributed by atoms with Crippen LogP contribution in [-0.4, -0.2) is 4.57 Å². The predicted octanol–water partition coefficient (Wildman–Crippen LogP) is 22.2. The molecular weight excluding hydrogens is 975 g/mol. The Balaban J connectivity index is 0.934. The fourth-order valence-electron chi connectivity index (χ4n) is 13.2. The Morgan fingerprint density at radius 3 is 1.10 bits per heavy atom. The van der Waals surface area contributed by atoms with E-state index in [9.17, 15) is 0 Å². The van der Waals surface area contributed by atoms with Crippen molar-refractivity contribution in [1.82, 2.24) is 4.57 Å². The molecule has 0 fully saturated rings. The van der Waals surface area contributed by atoms with Crippen LogP contribution in [-0.2, 0) is 0 Å². The Kier molecular flexibility index (Phi) is 11.0. The summed E-state index contributed by atoms with van der Waals surface area (Å²) < 4.78 is 2.52. The average molecular weight is 1030 g/mol. The molecule has 376 valence electrons. The third-order valence-electron chi connectivity index (χ3n) is 17.0. The fraction of sp³-hybridized carbons (Fsp3) is 0. The first-order valence-electron chi connectivity index (χ1n) is 28.1. The molecule has 0 bridgehead atoms. The van der Waals surface area contributed by atoms with E-state index in [1.807, 2.05) is 0 Å². The maximum absolute atomic E-state index is 2.52. The third kappa shape index (κ3) is 7.77. The van der Waals surface area contributed by atoms with Crippen LogP contribution in [0.15, 0.2) is 309 Å². The molecule has 0 aliphatic rings. The molecule has 81 heavy (non-hydrogen) atoms. The van der Waals surface area contributed by atoms with E-state index >= 15 is 0 Å². The van der Waals surface area contributed by atoms with Crippen molar-refractivity contribution in [2.24, 2.45) is 0 Å². The quantitative estimate of drug-likeness (QED) is 0.134. The summed E-state index contributed by atoms with van der Waals surface area (Å²) >= 11 is 0. The third-order valence-corrected chi connectivity index (χ3v) is 17.0. The smallest absolute Gasteiger partial charge is 0.0541 e. The SMILES string of the molecule is c1ccc(-c2cc(-c3cccc4ccccc34)ccc2-c2ccc3c(c2)c2cc(-c4ccc(-c5cccc6ccccc56)cc4-c4ccccc4)ccc2n3-c2ccc(-c3cc4ccccc4c4ccccc34)c3ccccc23)cc1. The lowest BCUT2D eigenvalue weighted by molar-refractivity contribution is 1.20. The van der Waals surface area contributed by atoms with Crippen molar-refractivity contribution in [2.75, 3.05) is 0 Å². The zero-order valence-electron chi connectivity index (χ0n) is 44.4. The Morgan fingerprint density at radius 1 is 0.160 bits per heavy atom. The van der Waals surface area contributed by atoms with Gasteiger partial charge in [0.15, 0.2) is 0 Å². The van der Waals surface area contributed by atoms with Gasteiger partial charge in [0.25, 0.3) is 0 Å². The van der Waals surface area contributed by atoms with Gasteiger partial charge in [0.1, 0.15) is 0 Å². The molecule has 0 spiro atoms. The van der Waals surface area contributed by atoms with E-state index in [0.717, 1.165) is 16.7 Å². The Bertz CT molecular complexity index is 4930. The van der Waals surface area contributed by atoms with Crippen LogP contribution in [0.3, 0.4) is 0 Å². The van der Waals surface area contributed by atoms with E-state index in [2.05, 4.69) is 314 Å². The second kappa shape index (κ2) is 19.1. The monoisotopic (exact) mass is 1030 g/mol. The molecule has 16 rings (SSSR count). The Labute approximate surface area is 470 Å². The van der Waals surface area contributed by atoms with Crippen molar-refractivity contribution >= 4 is 75.7 Å². The lowest BCUT2D eigenvalue weighted by atomic mass is 9.89. The van der Waals surface area contributed by atoms with Crippen LogP contribution >= 0.6 is 0 Å². The van der Waals surface area contributed by atoms with E-state index in [1.165, 1.54) is 143 Å². The summed E-state index contributed by atoms with van der Waals surface area (Å²) in [7, 11) is 0.